The maximum absolute atomic E-state index is 12.5. The van der Waals surface area contributed by atoms with Crippen LogP contribution in [0, 0.1) is 5.92 Å². The molecule has 0 aromatic heterocycles. The van der Waals surface area contributed by atoms with E-state index in [1.165, 1.54) is 28.1 Å². The van der Waals surface area contributed by atoms with E-state index >= 15 is 0 Å². The molecule has 0 amide bonds. The van der Waals surface area contributed by atoms with Crippen molar-refractivity contribution in [3.8, 4) is 0 Å². The normalized spacial score (nSPS) is 38.0. The molecule has 1 saturated heterocycles. The van der Waals surface area contributed by atoms with Crippen LogP contribution in [-0.2, 0) is 47.5 Å². The van der Waals surface area contributed by atoms with E-state index in [0.717, 1.165) is 21.3 Å². The lowest BCUT2D eigenvalue weighted by molar-refractivity contribution is -0.461. The minimum absolute atomic E-state index is 0.335. The Hall–Kier alpha value is -1.83. The van der Waals surface area contributed by atoms with E-state index in [1.807, 2.05) is 0 Å². The molecule has 12 nitrogen and oxygen atoms in total. The van der Waals surface area contributed by atoms with E-state index in [-0.39, 0.29) is 6.42 Å². The molecule has 0 spiro atoms. The average Bonchev–Trinajstić information content (AvgIpc) is 2.77. The van der Waals surface area contributed by atoms with Crippen LogP contribution >= 0.6 is 0 Å². The van der Waals surface area contributed by atoms with Crippen LogP contribution in [0.4, 0.5) is 0 Å². The topological polar surface area (TPSA) is 156 Å². The summed E-state index contributed by atoms with van der Waals surface area (Å²) in [4.78, 5) is 37.5. The fourth-order valence-electron chi connectivity index (χ4n) is 4.21. The summed E-state index contributed by atoms with van der Waals surface area (Å²) in [5.41, 5.74) is -5.16. The van der Waals surface area contributed by atoms with Gasteiger partial charge in [0.05, 0.1) is 33.5 Å². The Morgan fingerprint density at radius 1 is 0.871 bits per heavy atom. The second-order valence-electron chi connectivity index (χ2n) is 7.83. The number of methoxy groups -OCH3 is 5. The van der Waals surface area contributed by atoms with Crippen LogP contribution in [0.1, 0.15) is 26.7 Å². The molecule has 0 bridgehead atoms. The van der Waals surface area contributed by atoms with E-state index < -0.39 is 65.2 Å². The second-order valence-corrected chi connectivity index (χ2v) is 7.83. The Morgan fingerprint density at radius 2 is 1.35 bits per heavy atom. The first-order chi connectivity index (χ1) is 14.3. The van der Waals surface area contributed by atoms with E-state index in [0.29, 0.717) is 0 Å². The summed E-state index contributed by atoms with van der Waals surface area (Å²) < 4.78 is 36.9. The molecule has 2 aliphatic rings. The summed E-state index contributed by atoms with van der Waals surface area (Å²) in [6.45, 7) is 3.01. The van der Waals surface area contributed by atoms with Gasteiger partial charge in [0.1, 0.15) is 0 Å². The molecule has 2 fully saturated rings. The smallest absolute Gasteiger partial charge is 0.350 e. The van der Waals surface area contributed by atoms with Gasteiger partial charge in [0.15, 0.2) is 5.60 Å². The number of rotatable bonds is 6. The summed E-state index contributed by atoms with van der Waals surface area (Å²) in [5, 5.41) is 22.3. The zero-order chi connectivity index (χ0) is 23.8. The zero-order valence-corrected chi connectivity index (χ0v) is 18.6. The lowest BCUT2D eigenvalue weighted by Crippen LogP contribution is -2.73. The highest BCUT2D eigenvalue weighted by Crippen LogP contribution is 2.50. The standard InChI is InChI=1S/C19H30O12/c1-16(28-6)17(2,29-7)31-12-10(19(24,14(21)26-4)15(22)27-5)8-18(23,13(20)25-3)9-11(12)30-16/h10-12,23-24H,8-9H2,1-7H3/t10-,11+,12+,16-,17-,18-/m0/s1. The quantitative estimate of drug-likeness (QED) is 0.286. The zero-order valence-electron chi connectivity index (χ0n) is 18.6. The van der Waals surface area contributed by atoms with Gasteiger partial charge in [0, 0.05) is 26.6 Å². The highest BCUT2D eigenvalue weighted by molar-refractivity contribution is 6.04. The maximum atomic E-state index is 12.5. The van der Waals surface area contributed by atoms with E-state index in [9.17, 15) is 24.6 Å². The van der Waals surface area contributed by atoms with Crippen LogP contribution < -0.4 is 0 Å². The number of esters is 3. The summed E-state index contributed by atoms with van der Waals surface area (Å²) in [6, 6.07) is 0. The molecule has 2 rings (SSSR count). The minimum atomic E-state index is -2.94. The average molecular weight is 450 g/mol. The first kappa shape index (κ1) is 25.4. The second kappa shape index (κ2) is 8.60. The Kier molecular flexibility index (Phi) is 7.06. The molecular weight excluding hydrogens is 420 g/mol. The van der Waals surface area contributed by atoms with E-state index in [1.54, 1.807) is 0 Å². The molecule has 1 aliphatic carbocycles. The van der Waals surface area contributed by atoms with Crippen LogP contribution in [-0.4, -0.2) is 98.7 Å². The predicted octanol–water partition coefficient (Wildman–Crippen LogP) is -1.11. The minimum Gasteiger partial charge on any atom is -0.467 e. The lowest BCUT2D eigenvalue weighted by atomic mass is 9.66. The molecule has 0 aromatic rings. The maximum Gasteiger partial charge on any atom is 0.350 e. The van der Waals surface area contributed by atoms with Crippen molar-refractivity contribution in [2.75, 3.05) is 35.5 Å². The van der Waals surface area contributed by atoms with Crippen LogP contribution in [0.5, 0.6) is 0 Å². The van der Waals surface area contributed by atoms with Gasteiger partial charge < -0.3 is 43.4 Å². The fraction of sp³-hybridized carbons (Fsp3) is 0.842. The van der Waals surface area contributed by atoms with Gasteiger partial charge >= 0.3 is 17.9 Å². The first-order valence-corrected chi connectivity index (χ1v) is 9.48. The van der Waals surface area contributed by atoms with Crippen LogP contribution in [0.15, 0.2) is 0 Å². The van der Waals surface area contributed by atoms with Crippen molar-refractivity contribution < 1.29 is 57.8 Å². The summed E-state index contributed by atoms with van der Waals surface area (Å²) in [7, 11) is 5.65. The Balaban J connectivity index is 2.67. The molecule has 0 aromatic carbocycles. The molecular formula is C19H30O12. The third-order valence-corrected chi connectivity index (χ3v) is 6.30. The Bertz CT molecular complexity index is 709. The Labute approximate surface area is 179 Å². The van der Waals surface area contributed by atoms with Gasteiger partial charge in [-0.15, -0.1) is 0 Å². The SMILES string of the molecule is COC(=O)C(O)(C(=O)OC)[C@H]1C[C@@](O)(C(=O)OC)C[C@H]2O[C@](C)(OC)[C@@](C)(OC)O[C@@H]21. The van der Waals surface area contributed by atoms with Crippen molar-refractivity contribution in [3.05, 3.63) is 0 Å². The highest BCUT2D eigenvalue weighted by Gasteiger charge is 2.69. The third kappa shape index (κ3) is 3.81. The van der Waals surface area contributed by atoms with Crippen molar-refractivity contribution in [2.24, 2.45) is 5.92 Å². The van der Waals surface area contributed by atoms with Gasteiger partial charge in [-0.1, -0.05) is 0 Å². The molecule has 1 heterocycles. The van der Waals surface area contributed by atoms with Crippen molar-refractivity contribution in [2.45, 2.75) is 61.7 Å². The fourth-order valence-corrected chi connectivity index (χ4v) is 4.21. The Morgan fingerprint density at radius 3 is 1.77 bits per heavy atom. The summed E-state index contributed by atoms with van der Waals surface area (Å²) >= 11 is 0. The number of fused-ring (bicyclic) bond motifs is 1. The highest BCUT2D eigenvalue weighted by atomic mass is 16.8. The van der Waals surface area contributed by atoms with Crippen molar-refractivity contribution >= 4 is 17.9 Å². The number of carbonyl (C=O) groups is 3. The summed E-state index contributed by atoms with van der Waals surface area (Å²) in [6.07, 6.45) is -3.29. The predicted molar refractivity (Wildman–Crippen MR) is 99.2 cm³/mol. The first-order valence-electron chi connectivity index (χ1n) is 9.48. The van der Waals surface area contributed by atoms with Gasteiger partial charge in [0.2, 0.25) is 11.6 Å². The number of carbonyl (C=O) groups excluding carboxylic acids is 3. The summed E-state index contributed by atoms with van der Waals surface area (Å²) in [5.74, 6) is -8.40. The molecule has 1 saturated carbocycles. The number of hydrogen-bond donors (Lipinski definition) is 2. The molecule has 0 unspecified atom stereocenters. The van der Waals surface area contributed by atoms with Crippen LogP contribution in [0.2, 0.25) is 0 Å². The monoisotopic (exact) mass is 450 g/mol. The van der Waals surface area contributed by atoms with Gasteiger partial charge in [-0.25, -0.2) is 14.4 Å². The van der Waals surface area contributed by atoms with Crippen LogP contribution in [0.25, 0.3) is 0 Å². The third-order valence-electron chi connectivity index (χ3n) is 6.30. The number of hydrogen-bond acceptors (Lipinski definition) is 12. The van der Waals surface area contributed by atoms with E-state index in [2.05, 4.69) is 9.47 Å². The van der Waals surface area contributed by atoms with Gasteiger partial charge in [-0.3, -0.25) is 0 Å². The molecule has 2 N–H and O–H groups in total. The van der Waals surface area contributed by atoms with Crippen molar-refractivity contribution in [1.29, 1.82) is 0 Å². The van der Waals surface area contributed by atoms with Crippen LogP contribution in [0.3, 0.4) is 0 Å². The number of ether oxygens (including phenoxy) is 7. The lowest BCUT2D eigenvalue weighted by Gasteiger charge is -2.57. The van der Waals surface area contributed by atoms with Crippen molar-refractivity contribution in [1.82, 2.24) is 0 Å². The molecule has 1 aliphatic heterocycles. The van der Waals surface area contributed by atoms with Gasteiger partial charge in [-0.05, 0) is 20.3 Å². The molecule has 6 atom stereocenters. The van der Waals surface area contributed by atoms with E-state index in [4.69, 9.17) is 23.7 Å². The largest absolute Gasteiger partial charge is 0.467 e. The molecule has 178 valence electrons. The molecule has 0 radical (unpaired) electrons. The van der Waals surface area contributed by atoms with Crippen molar-refractivity contribution in [3.63, 3.8) is 0 Å². The number of aliphatic hydroxyl groups is 2. The molecule has 31 heavy (non-hydrogen) atoms. The van der Waals surface area contributed by atoms with Gasteiger partial charge in [-0.2, -0.15) is 0 Å². The molecule has 12 heteroatoms. The van der Waals surface area contributed by atoms with Gasteiger partial charge in [0.25, 0.3) is 5.60 Å².